The number of fused-ring (bicyclic) bond motifs is 1. The minimum atomic E-state index is -3.09. The molecule has 1 saturated heterocycles. The average Bonchev–Trinajstić information content (AvgIpc) is 3.05. The van der Waals surface area contributed by atoms with Crippen LogP contribution < -0.4 is 10.1 Å². The highest BCUT2D eigenvalue weighted by Crippen LogP contribution is 2.31. The van der Waals surface area contributed by atoms with Crippen molar-refractivity contribution in [1.29, 1.82) is 0 Å². The van der Waals surface area contributed by atoms with Crippen molar-refractivity contribution in [3.63, 3.8) is 0 Å². The number of rotatable bonds is 2. The summed E-state index contributed by atoms with van der Waals surface area (Å²) in [7, 11) is -3.09. The van der Waals surface area contributed by atoms with Crippen LogP contribution in [0.25, 0.3) is 0 Å². The molecule has 1 fully saturated rings. The highest BCUT2D eigenvalue weighted by Gasteiger charge is 2.34. The van der Waals surface area contributed by atoms with Gasteiger partial charge >= 0.3 is 6.03 Å². The molecular weight excluding hydrogens is 292 g/mol. The summed E-state index contributed by atoms with van der Waals surface area (Å²) in [5, 5.41) is 2.47. The molecule has 1 N–H and O–H groups in total. The Bertz CT molecular complexity index is 659. The molecule has 0 saturated carbocycles. The molecule has 6 nitrogen and oxygen atoms in total. The Kier molecular flexibility index (Phi) is 3.52. The maximum atomic E-state index is 12.2. The molecule has 0 aromatic heterocycles. The third-order valence-electron chi connectivity index (χ3n) is 4.04. The van der Waals surface area contributed by atoms with E-state index >= 15 is 0 Å². The van der Waals surface area contributed by atoms with Crippen molar-refractivity contribution in [2.45, 2.75) is 17.7 Å². The Morgan fingerprint density at radius 3 is 2.86 bits per heavy atom. The second-order valence-electron chi connectivity index (χ2n) is 5.54. The van der Waals surface area contributed by atoms with Gasteiger partial charge in [0, 0.05) is 24.9 Å². The lowest BCUT2D eigenvalue weighted by atomic mass is 10.1. The molecule has 2 amide bonds. The fourth-order valence-corrected chi connectivity index (χ4v) is 3.77. The number of amides is 2. The molecule has 21 heavy (non-hydrogen) atoms. The van der Waals surface area contributed by atoms with Gasteiger partial charge in [-0.2, -0.15) is 0 Å². The van der Waals surface area contributed by atoms with Gasteiger partial charge in [0.05, 0.1) is 11.3 Å². The van der Waals surface area contributed by atoms with E-state index < -0.39 is 15.1 Å². The molecule has 7 heteroatoms. The smallest absolute Gasteiger partial charge is 0.318 e. The first-order chi connectivity index (χ1) is 9.95. The normalized spacial score (nSPS) is 24.5. The zero-order chi connectivity index (χ0) is 15.0. The van der Waals surface area contributed by atoms with Crippen molar-refractivity contribution in [2.24, 2.45) is 0 Å². The molecule has 3 rings (SSSR count). The Morgan fingerprint density at radius 1 is 1.38 bits per heavy atom. The van der Waals surface area contributed by atoms with E-state index in [-0.39, 0.29) is 18.6 Å². The summed E-state index contributed by atoms with van der Waals surface area (Å²) in [6.45, 7) is 1.15. The molecule has 2 heterocycles. The van der Waals surface area contributed by atoms with Gasteiger partial charge in [-0.3, -0.25) is 0 Å². The van der Waals surface area contributed by atoms with Crippen LogP contribution in [0.15, 0.2) is 24.3 Å². The molecule has 0 aliphatic carbocycles. The van der Waals surface area contributed by atoms with Crippen LogP contribution >= 0.6 is 0 Å². The van der Waals surface area contributed by atoms with Gasteiger partial charge < -0.3 is 15.0 Å². The number of nitrogens with zero attached hydrogens (tertiary/aromatic N) is 1. The second kappa shape index (κ2) is 5.22. The fourth-order valence-electron chi connectivity index (χ4n) is 2.78. The lowest BCUT2D eigenvalue weighted by molar-refractivity contribution is 0.201. The molecule has 2 atom stereocenters. The van der Waals surface area contributed by atoms with Crippen molar-refractivity contribution >= 4 is 15.9 Å². The van der Waals surface area contributed by atoms with Crippen molar-refractivity contribution in [2.75, 3.05) is 26.0 Å². The second-order valence-corrected chi connectivity index (χ2v) is 7.86. The summed E-state index contributed by atoms with van der Waals surface area (Å²) in [6, 6.07) is 7.19. The zero-order valence-electron chi connectivity index (χ0n) is 11.8. The van der Waals surface area contributed by atoms with E-state index in [1.165, 1.54) is 6.26 Å². The van der Waals surface area contributed by atoms with Gasteiger partial charge in [-0.1, -0.05) is 18.2 Å². The van der Waals surface area contributed by atoms with E-state index in [9.17, 15) is 13.2 Å². The highest BCUT2D eigenvalue weighted by molar-refractivity contribution is 7.91. The van der Waals surface area contributed by atoms with Gasteiger partial charge in [0.1, 0.15) is 12.4 Å². The maximum absolute atomic E-state index is 12.2. The average molecular weight is 310 g/mol. The number of benzene rings is 1. The van der Waals surface area contributed by atoms with Gasteiger partial charge in [0.2, 0.25) is 0 Å². The molecule has 0 bridgehead atoms. The molecule has 1 aromatic carbocycles. The Balaban J connectivity index is 1.64. The van der Waals surface area contributed by atoms with Crippen molar-refractivity contribution in [3.8, 4) is 5.75 Å². The standard InChI is InChI=1S/C14H18N2O4S/c1-21(18,19)10-6-7-16(8-10)14(17)15-12-9-20-13-5-3-2-4-11(12)13/h2-5,10,12H,6-9H2,1H3,(H,15,17). The third-order valence-corrected chi connectivity index (χ3v) is 5.63. The van der Waals surface area contributed by atoms with Crippen LogP contribution in [0.3, 0.4) is 0 Å². The summed E-state index contributed by atoms with van der Waals surface area (Å²) in [5.74, 6) is 0.790. The van der Waals surface area contributed by atoms with Crippen molar-refractivity contribution in [3.05, 3.63) is 29.8 Å². The lowest BCUT2D eigenvalue weighted by Gasteiger charge is -2.20. The van der Waals surface area contributed by atoms with Gasteiger partial charge in [0.25, 0.3) is 0 Å². The lowest BCUT2D eigenvalue weighted by Crippen LogP contribution is -2.41. The van der Waals surface area contributed by atoms with Crippen LogP contribution in [0.5, 0.6) is 5.75 Å². The predicted octanol–water partition coefficient (Wildman–Crippen LogP) is 0.949. The number of carbonyl (C=O) groups excluding carboxylic acids is 1. The highest BCUT2D eigenvalue weighted by atomic mass is 32.2. The summed E-state index contributed by atoms with van der Waals surface area (Å²) >= 11 is 0. The van der Waals surface area contributed by atoms with E-state index in [4.69, 9.17) is 4.74 Å². The Labute approximate surface area is 124 Å². The van der Waals surface area contributed by atoms with Gasteiger partial charge in [0.15, 0.2) is 9.84 Å². The zero-order valence-corrected chi connectivity index (χ0v) is 12.6. The largest absolute Gasteiger partial charge is 0.491 e. The fraction of sp³-hybridized carbons (Fsp3) is 0.500. The number of urea groups is 1. The molecule has 1 aromatic rings. The number of para-hydroxylation sites is 1. The van der Waals surface area contributed by atoms with E-state index in [0.717, 1.165) is 11.3 Å². The number of hydrogen-bond acceptors (Lipinski definition) is 4. The maximum Gasteiger partial charge on any atom is 0.318 e. The third kappa shape index (κ3) is 2.83. The quantitative estimate of drug-likeness (QED) is 0.882. The minimum Gasteiger partial charge on any atom is -0.491 e. The SMILES string of the molecule is CS(=O)(=O)C1CCN(C(=O)NC2COc3ccccc32)C1. The molecule has 0 spiro atoms. The Hall–Kier alpha value is -1.76. The first-order valence-corrected chi connectivity index (χ1v) is 8.86. The van der Waals surface area contributed by atoms with Crippen LogP contribution in [0.1, 0.15) is 18.0 Å². The molecule has 2 unspecified atom stereocenters. The summed E-state index contributed by atoms with van der Waals surface area (Å²) in [5.41, 5.74) is 0.963. The van der Waals surface area contributed by atoms with Crippen LogP contribution in [0, 0.1) is 0 Å². The van der Waals surface area contributed by atoms with Crippen LogP contribution in [0.4, 0.5) is 4.79 Å². The topological polar surface area (TPSA) is 75.7 Å². The van der Waals surface area contributed by atoms with Crippen LogP contribution in [0.2, 0.25) is 0 Å². The molecular formula is C14H18N2O4S. The monoisotopic (exact) mass is 310 g/mol. The first-order valence-electron chi connectivity index (χ1n) is 6.91. The van der Waals surface area contributed by atoms with E-state index in [1.54, 1.807) is 4.90 Å². The minimum absolute atomic E-state index is 0.175. The van der Waals surface area contributed by atoms with Crippen LogP contribution in [-0.2, 0) is 9.84 Å². The van der Waals surface area contributed by atoms with Gasteiger partial charge in [-0.05, 0) is 12.5 Å². The number of likely N-dealkylation sites (tertiary alicyclic amines) is 1. The summed E-state index contributed by atoms with van der Waals surface area (Å²) < 4.78 is 28.6. The summed E-state index contributed by atoms with van der Waals surface area (Å²) in [4.78, 5) is 13.8. The molecule has 2 aliphatic rings. The molecule has 114 valence electrons. The van der Waals surface area contributed by atoms with Crippen molar-refractivity contribution < 1.29 is 17.9 Å². The number of hydrogen-bond donors (Lipinski definition) is 1. The van der Waals surface area contributed by atoms with E-state index in [0.29, 0.717) is 19.6 Å². The number of carbonyl (C=O) groups is 1. The number of nitrogens with one attached hydrogen (secondary N) is 1. The number of ether oxygens (including phenoxy) is 1. The Morgan fingerprint density at radius 2 is 2.14 bits per heavy atom. The van der Waals surface area contributed by atoms with Gasteiger partial charge in [-0.15, -0.1) is 0 Å². The van der Waals surface area contributed by atoms with E-state index in [2.05, 4.69) is 5.32 Å². The predicted molar refractivity (Wildman–Crippen MR) is 78.0 cm³/mol. The van der Waals surface area contributed by atoms with Crippen LogP contribution in [-0.4, -0.2) is 50.6 Å². The number of sulfone groups is 1. The first kappa shape index (κ1) is 14.2. The molecule has 0 radical (unpaired) electrons. The molecule has 2 aliphatic heterocycles. The van der Waals surface area contributed by atoms with Crippen molar-refractivity contribution in [1.82, 2.24) is 10.2 Å². The summed E-state index contributed by atoms with van der Waals surface area (Å²) in [6.07, 6.45) is 1.73. The van der Waals surface area contributed by atoms with E-state index in [1.807, 2.05) is 24.3 Å². The van der Waals surface area contributed by atoms with Gasteiger partial charge in [-0.25, -0.2) is 13.2 Å².